The number of anilines is 3. The number of hydrogen-bond donors (Lipinski definition) is 2. The van der Waals surface area contributed by atoms with Gasteiger partial charge >= 0.3 is 6.03 Å². The second-order valence-corrected chi connectivity index (χ2v) is 12.6. The fraction of sp³-hybridized carbons (Fsp3) is 0.391. The molecule has 1 aliphatic carbocycles. The van der Waals surface area contributed by atoms with Crippen molar-refractivity contribution in [3.05, 3.63) is 36.3 Å². The monoisotopic (exact) mass is 549 g/mol. The van der Waals surface area contributed by atoms with Crippen molar-refractivity contribution < 1.29 is 14.3 Å². The molecule has 0 spiro atoms. The summed E-state index contributed by atoms with van der Waals surface area (Å²) in [7, 11) is 13.4. The summed E-state index contributed by atoms with van der Waals surface area (Å²) in [6.45, 7) is 1.15. The third-order valence-corrected chi connectivity index (χ3v) is 6.85. The molecule has 0 atom stereocenters. The second-order valence-electron chi connectivity index (χ2n) is 12.6. The van der Waals surface area contributed by atoms with E-state index in [-0.39, 0.29) is 23.7 Å². The Hall–Kier alpha value is -3.83. The third kappa shape index (κ3) is 6.41. The van der Waals surface area contributed by atoms with Crippen LogP contribution in [0.5, 0.6) is 5.75 Å². The van der Waals surface area contributed by atoms with Gasteiger partial charge in [-0.1, -0.05) is 6.07 Å². The molecule has 2 aromatic heterocycles. The number of ether oxygens (including phenoxy) is 1. The van der Waals surface area contributed by atoms with Gasteiger partial charge in [0, 0.05) is 37.5 Å². The average Bonchev–Trinajstić information content (AvgIpc) is 3.43. The highest BCUT2D eigenvalue weighted by Gasteiger charge is 2.38. The van der Waals surface area contributed by atoms with Crippen molar-refractivity contribution in [3.8, 4) is 17.1 Å². The zero-order valence-corrected chi connectivity index (χ0v) is 24.9. The van der Waals surface area contributed by atoms with Gasteiger partial charge in [-0.2, -0.15) is 5.10 Å². The first-order valence-corrected chi connectivity index (χ1v) is 14.0. The summed E-state index contributed by atoms with van der Waals surface area (Å²) < 4.78 is 8.06. The largest absolute Gasteiger partial charge is 0.511 e. The van der Waals surface area contributed by atoms with E-state index in [1.54, 1.807) is 29.0 Å². The smallest absolute Gasteiger partial charge is 0.326 e. The van der Waals surface area contributed by atoms with Gasteiger partial charge in [0.05, 0.1) is 16.9 Å². The van der Waals surface area contributed by atoms with Crippen LogP contribution in [0.3, 0.4) is 0 Å². The summed E-state index contributed by atoms with van der Waals surface area (Å²) in [5, 5.41) is 18.4. The van der Waals surface area contributed by atoms with Crippen LogP contribution in [0.2, 0.25) is 0 Å². The minimum atomic E-state index is -0.539. The highest BCUT2D eigenvalue weighted by atomic mass is 16.5. The van der Waals surface area contributed by atoms with E-state index in [4.69, 9.17) is 4.74 Å². The van der Waals surface area contributed by atoms with Gasteiger partial charge in [-0.25, -0.2) is 9.78 Å². The molecule has 41 heavy (non-hydrogen) atoms. The molecule has 2 aliphatic rings. The molecule has 5 rings (SSSR count). The molecule has 1 saturated heterocycles. The number of hydrogen-bond acceptors (Lipinski definition) is 8. The van der Waals surface area contributed by atoms with Gasteiger partial charge in [0.1, 0.15) is 53.4 Å². The minimum absolute atomic E-state index is 0.0816. The number of para-hydroxylation sites is 1. The molecule has 3 amide bonds. The maximum Gasteiger partial charge on any atom is 0.326 e. The van der Waals surface area contributed by atoms with Gasteiger partial charge in [0.25, 0.3) is 5.91 Å². The van der Waals surface area contributed by atoms with E-state index in [1.807, 2.05) is 70.2 Å². The summed E-state index contributed by atoms with van der Waals surface area (Å²) in [6.07, 6.45) is 4.83. The molecule has 12 nitrogen and oxygen atoms in total. The average molecular weight is 548 g/mol. The molecule has 18 heteroatoms. The van der Waals surface area contributed by atoms with E-state index in [0.717, 1.165) is 19.3 Å². The third-order valence-electron chi connectivity index (χ3n) is 6.85. The molecular weight excluding hydrogens is 515 g/mol. The van der Waals surface area contributed by atoms with E-state index >= 15 is 0 Å². The number of nitrogens with one attached hydrogen (secondary N) is 2. The zero-order valence-electron chi connectivity index (χ0n) is 24.9. The molecule has 1 aliphatic heterocycles. The number of carbonyl (C=O) groups is 2. The van der Waals surface area contributed by atoms with E-state index in [0.29, 0.717) is 47.4 Å². The number of nitrogens with zero attached hydrogens (tertiary/aromatic N) is 7. The Labute approximate surface area is 245 Å². The predicted octanol–water partition coefficient (Wildman–Crippen LogP) is -4.06. The number of benzene rings is 1. The van der Waals surface area contributed by atoms with E-state index < -0.39 is 10.5 Å². The molecule has 2 fully saturated rings. The topological polar surface area (TPSA) is 130 Å². The predicted molar refractivity (Wildman–Crippen MR) is 174 cm³/mol. The molecule has 1 aromatic carbocycles. The van der Waals surface area contributed by atoms with Crippen molar-refractivity contribution in [2.24, 2.45) is 7.05 Å². The Morgan fingerprint density at radius 3 is 2.44 bits per heavy atom. The molecule has 0 unspecified atom stereocenters. The SMILES string of the molecule is BC(B)(B)NC(=O)c1nnc(N2CCN(C3CCC3)C2=O)cc1Nc1cccc(-c2ncn(C)n2)c1OC(B)(B)B. The van der Waals surface area contributed by atoms with E-state index in [1.165, 1.54) is 0 Å². The Morgan fingerprint density at radius 1 is 1.07 bits per heavy atom. The van der Waals surface area contributed by atoms with Crippen LogP contribution in [0.4, 0.5) is 22.0 Å². The normalized spacial score (nSPS) is 16.0. The molecule has 0 bridgehead atoms. The van der Waals surface area contributed by atoms with Crippen molar-refractivity contribution >= 4 is 76.2 Å². The maximum absolute atomic E-state index is 13.4. The van der Waals surface area contributed by atoms with Crippen LogP contribution in [0.15, 0.2) is 30.6 Å². The molecule has 206 valence electrons. The van der Waals surface area contributed by atoms with Gasteiger partial charge in [-0.05, 0) is 36.6 Å². The van der Waals surface area contributed by atoms with E-state index in [2.05, 4.69) is 30.9 Å². The summed E-state index contributed by atoms with van der Waals surface area (Å²) in [5.74, 6) is 1.03. The molecule has 3 aromatic rings. The molecule has 3 heterocycles. The highest BCUT2D eigenvalue weighted by Crippen LogP contribution is 2.39. The fourth-order valence-corrected chi connectivity index (χ4v) is 4.82. The van der Waals surface area contributed by atoms with Crippen molar-refractivity contribution in [2.45, 2.75) is 35.8 Å². The van der Waals surface area contributed by atoms with Crippen molar-refractivity contribution in [2.75, 3.05) is 23.3 Å². The van der Waals surface area contributed by atoms with Gasteiger partial charge in [-0.3, -0.25) is 14.4 Å². The first kappa shape index (κ1) is 28.7. The zero-order chi connectivity index (χ0) is 29.5. The first-order valence-electron chi connectivity index (χ1n) is 14.0. The number of amides is 3. The summed E-state index contributed by atoms with van der Waals surface area (Å²) in [5.41, 5.74) is 1.79. The number of rotatable bonds is 9. The van der Waals surface area contributed by atoms with Gasteiger partial charge in [-0.15, -0.1) is 10.2 Å². The second kappa shape index (κ2) is 10.9. The van der Waals surface area contributed by atoms with Crippen LogP contribution in [-0.2, 0) is 7.05 Å². The van der Waals surface area contributed by atoms with Crippen molar-refractivity contribution in [3.63, 3.8) is 0 Å². The lowest BCUT2D eigenvalue weighted by Gasteiger charge is -2.34. The molecule has 0 radical (unpaired) electrons. The Morgan fingerprint density at radius 2 is 1.83 bits per heavy atom. The van der Waals surface area contributed by atoms with Gasteiger partial charge in [0.15, 0.2) is 23.1 Å². The van der Waals surface area contributed by atoms with Crippen LogP contribution >= 0.6 is 0 Å². The maximum atomic E-state index is 13.4. The summed E-state index contributed by atoms with van der Waals surface area (Å²) in [4.78, 5) is 34.6. The number of urea groups is 1. The number of carbonyl (C=O) groups excluding carboxylic acids is 2. The molecule has 1 saturated carbocycles. The standard InChI is InChI=1S/C23H33B6N9O3/c1-36-11-30-19(35-36)13-6-3-7-14(18(13)41-23(27,28)29)31-15-10-16(33-34-17(15)20(39)32-22(24,25)26)38-9-8-37(21(38)40)12-4-2-5-12/h3,6-7,10-12H,2,4-5,8-9,24-29H2,1H3,(H,31,33)(H,32,39). The van der Waals surface area contributed by atoms with Crippen molar-refractivity contribution in [1.29, 1.82) is 0 Å². The lowest BCUT2D eigenvalue weighted by atomic mass is 9.49. The fourth-order valence-electron chi connectivity index (χ4n) is 4.82. The van der Waals surface area contributed by atoms with Crippen LogP contribution in [-0.4, -0.2) is 119 Å². The van der Waals surface area contributed by atoms with Crippen LogP contribution in [0.1, 0.15) is 29.8 Å². The molecular formula is C23H33B6N9O3. The van der Waals surface area contributed by atoms with Crippen molar-refractivity contribution in [1.82, 2.24) is 35.2 Å². The lowest BCUT2D eigenvalue weighted by molar-refractivity contribution is 0.0947. The summed E-state index contributed by atoms with van der Waals surface area (Å²) >= 11 is 0. The quantitative estimate of drug-likeness (QED) is 0.259. The Bertz CT molecular complexity index is 1470. The Kier molecular flexibility index (Phi) is 7.60. The molecule has 2 N–H and O–H groups in total. The lowest BCUT2D eigenvalue weighted by Crippen LogP contribution is -2.50. The van der Waals surface area contributed by atoms with Crippen LogP contribution < -0.4 is 20.3 Å². The van der Waals surface area contributed by atoms with Crippen LogP contribution in [0.25, 0.3) is 11.4 Å². The number of aromatic nitrogens is 5. The first-order chi connectivity index (χ1) is 19.3. The number of aryl methyl sites for hydroxylation is 1. The Balaban J connectivity index is 1.56. The van der Waals surface area contributed by atoms with Crippen LogP contribution in [0, 0.1) is 0 Å². The minimum Gasteiger partial charge on any atom is -0.511 e. The summed E-state index contributed by atoms with van der Waals surface area (Å²) in [6, 6.07) is 7.53. The van der Waals surface area contributed by atoms with E-state index in [9.17, 15) is 9.59 Å². The van der Waals surface area contributed by atoms with Gasteiger partial charge in [0.2, 0.25) is 0 Å². The highest BCUT2D eigenvalue weighted by molar-refractivity contribution is 6.60. The van der Waals surface area contributed by atoms with Gasteiger partial charge < -0.3 is 20.3 Å².